The van der Waals surface area contributed by atoms with Crippen LogP contribution >= 0.6 is 0 Å². The van der Waals surface area contributed by atoms with Crippen molar-refractivity contribution in [1.82, 2.24) is 4.31 Å². The molecule has 0 N–H and O–H groups in total. The Kier molecular flexibility index (Phi) is 5.67. The maximum atomic E-state index is 12.1. The minimum atomic E-state index is -3.58. The first kappa shape index (κ1) is 16.1. The van der Waals surface area contributed by atoms with Crippen LogP contribution in [0.15, 0.2) is 24.3 Å². The number of hydrogen-bond donors (Lipinski definition) is 0. The normalized spacial score (nSPS) is 11.1. The Morgan fingerprint density at radius 2 is 2.05 bits per heavy atom. The highest BCUT2D eigenvalue weighted by atomic mass is 32.2. The first-order valence-electron chi connectivity index (χ1n) is 5.89. The Morgan fingerprint density at radius 3 is 2.65 bits per heavy atom. The van der Waals surface area contributed by atoms with Crippen molar-refractivity contribution in [3.05, 3.63) is 35.4 Å². The first-order chi connectivity index (χ1) is 9.40. The molecule has 0 aliphatic carbocycles. The van der Waals surface area contributed by atoms with E-state index in [0.717, 1.165) is 4.31 Å². The molecular formula is C13H16N2O4S. The van der Waals surface area contributed by atoms with E-state index in [1.807, 2.05) is 6.07 Å². The Hall–Kier alpha value is -1.91. The summed E-state index contributed by atoms with van der Waals surface area (Å²) in [6.45, 7) is 0.0454. The quantitative estimate of drug-likeness (QED) is 0.727. The summed E-state index contributed by atoms with van der Waals surface area (Å²) in [5, 5.41) is 8.94. The lowest BCUT2D eigenvalue weighted by molar-refractivity contribution is -0.140. The van der Waals surface area contributed by atoms with E-state index in [2.05, 4.69) is 4.74 Å². The number of rotatable bonds is 6. The number of hydrogen-bond acceptors (Lipinski definition) is 5. The van der Waals surface area contributed by atoms with Gasteiger partial charge in [0, 0.05) is 13.6 Å². The SMILES string of the molecule is COC(=O)CCN(C)S(=O)(=O)Cc1ccccc1C#N. The van der Waals surface area contributed by atoms with Gasteiger partial charge in [0.1, 0.15) is 0 Å². The highest BCUT2D eigenvalue weighted by Crippen LogP contribution is 2.14. The summed E-state index contributed by atoms with van der Waals surface area (Å²) in [5.74, 6) is -0.738. The van der Waals surface area contributed by atoms with E-state index in [4.69, 9.17) is 5.26 Å². The number of nitriles is 1. The number of benzene rings is 1. The molecule has 1 aromatic rings. The zero-order valence-corrected chi connectivity index (χ0v) is 12.2. The van der Waals surface area contributed by atoms with E-state index < -0.39 is 16.0 Å². The minimum Gasteiger partial charge on any atom is -0.469 e. The average Bonchev–Trinajstić information content (AvgIpc) is 2.44. The molecule has 0 saturated carbocycles. The van der Waals surface area contributed by atoms with Crippen molar-refractivity contribution in [3.8, 4) is 6.07 Å². The van der Waals surface area contributed by atoms with Crippen LogP contribution in [0.25, 0.3) is 0 Å². The third-order valence-corrected chi connectivity index (χ3v) is 4.62. The molecule has 0 aliphatic heterocycles. The van der Waals surface area contributed by atoms with Gasteiger partial charge in [-0.15, -0.1) is 0 Å². The van der Waals surface area contributed by atoms with Gasteiger partial charge in [-0.2, -0.15) is 5.26 Å². The van der Waals surface area contributed by atoms with Crippen molar-refractivity contribution in [2.45, 2.75) is 12.2 Å². The van der Waals surface area contributed by atoms with Crippen molar-refractivity contribution in [2.75, 3.05) is 20.7 Å². The first-order valence-corrected chi connectivity index (χ1v) is 7.50. The van der Waals surface area contributed by atoms with Gasteiger partial charge in [0.2, 0.25) is 10.0 Å². The summed E-state index contributed by atoms with van der Waals surface area (Å²) in [6.07, 6.45) is -0.00781. The fourth-order valence-corrected chi connectivity index (χ4v) is 2.79. The van der Waals surface area contributed by atoms with Gasteiger partial charge < -0.3 is 4.74 Å². The van der Waals surface area contributed by atoms with E-state index >= 15 is 0 Å². The average molecular weight is 296 g/mol. The summed E-state index contributed by atoms with van der Waals surface area (Å²) in [5.41, 5.74) is 0.775. The van der Waals surface area contributed by atoms with Crippen LogP contribution in [0.5, 0.6) is 0 Å². The predicted octanol–water partition coefficient (Wildman–Crippen LogP) is 0.883. The lowest BCUT2D eigenvalue weighted by Gasteiger charge is -2.16. The van der Waals surface area contributed by atoms with E-state index in [1.165, 1.54) is 14.2 Å². The molecule has 0 saturated heterocycles. The number of esters is 1. The second-order valence-electron chi connectivity index (χ2n) is 4.17. The number of carbonyl (C=O) groups is 1. The standard InChI is InChI=1S/C13H16N2O4S/c1-15(8-7-13(16)19-2)20(17,18)10-12-6-4-3-5-11(12)9-14/h3-6H,7-8,10H2,1-2H3. The summed E-state index contributed by atoms with van der Waals surface area (Å²) < 4.78 is 29.8. The number of methoxy groups -OCH3 is 1. The van der Waals surface area contributed by atoms with Crippen molar-refractivity contribution in [2.24, 2.45) is 0 Å². The fraction of sp³-hybridized carbons (Fsp3) is 0.385. The zero-order valence-electron chi connectivity index (χ0n) is 11.4. The fourth-order valence-electron chi connectivity index (χ4n) is 1.55. The highest BCUT2D eigenvalue weighted by molar-refractivity contribution is 7.88. The third-order valence-electron chi connectivity index (χ3n) is 2.81. The number of ether oxygens (including phenoxy) is 1. The van der Waals surface area contributed by atoms with E-state index in [9.17, 15) is 13.2 Å². The monoisotopic (exact) mass is 296 g/mol. The van der Waals surface area contributed by atoms with Gasteiger partial charge in [-0.3, -0.25) is 4.79 Å². The van der Waals surface area contributed by atoms with Crippen molar-refractivity contribution in [1.29, 1.82) is 5.26 Å². The summed E-state index contributed by atoms with van der Waals surface area (Å²) in [6, 6.07) is 8.49. The van der Waals surface area contributed by atoms with Gasteiger partial charge in [0.05, 0.1) is 30.9 Å². The van der Waals surface area contributed by atoms with Crippen LogP contribution in [0, 0.1) is 11.3 Å². The van der Waals surface area contributed by atoms with Crippen LogP contribution in [-0.4, -0.2) is 39.4 Å². The van der Waals surface area contributed by atoms with E-state index in [-0.39, 0.29) is 18.7 Å². The molecule has 0 unspecified atom stereocenters. The second kappa shape index (κ2) is 7.03. The Labute approximate surface area is 118 Å². The lowest BCUT2D eigenvalue weighted by Crippen LogP contribution is -2.30. The summed E-state index contributed by atoms with van der Waals surface area (Å²) >= 11 is 0. The second-order valence-corrected chi connectivity index (χ2v) is 6.25. The van der Waals surface area contributed by atoms with Crippen LogP contribution in [0.3, 0.4) is 0 Å². The Bertz CT molecular complexity index is 620. The highest BCUT2D eigenvalue weighted by Gasteiger charge is 2.20. The molecule has 0 aliphatic rings. The molecule has 7 heteroatoms. The third kappa shape index (κ3) is 4.33. The maximum Gasteiger partial charge on any atom is 0.306 e. The smallest absolute Gasteiger partial charge is 0.306 e. The van der Waals surface area contributed by atoms with Gasteiger partial charge in [-0.1, -0.05) is 18.2 Å². The molecule has 0 heterocycles. The predicted molar refractivity (Wildman–Crippen MR) is 73.0 cm³/mol. The molecule has 0 amide bonds. The van der Waals surface area contributed by atoms with Crippen molar-refractivity contribution < 1.29 is 17.9 Å². The largest absolute Gasteiger partial charge is 0.469 e. The van der Waals surface area contributed by atoms with Crippen LogP contribution in [-0.2, 0) is 25.3 Å². The number of carbonyl (C=O) groups excluding carboxylic acids is 1. The molecule has 1 aromatic carbocycles. The molecule has 0 atom stereocenters. The minimum absolute atomic E-state index is 0.00781. The molecule has 0 bridgehead atoms. The molecule has 0 spiro atoms. The molecule has 108 valence electrons. The topological polar surface area (TPSA) is 87.5 Å². The van der Waals surface area contributed by atoms with Crippen molar-refractivity contribution in [3.63, 3.8) is 0 Å². The van der Waals surface area contributed by atoms with Crippen LogP contribution < -0.4 is 0 Å². The van der Waals surface area contributed by atoms with Crippen molar-refractivity contribution >= 4 is 16.0 Å². The summed E-state index contributed by atoms with van der Waals surface area (Å²) in [4.78, 5) is 11.0. The Balaban J connectivity index is 2.79. The number of nitrogens with zero attached hydrogens (tertiary/aromatic N) is 2. The van der Waals surface area contributed by atoms with Crippen LogP contribution in [0.2, 0.25) is 0 Å². The molecule has 0 radical (unpaired) electrons. The molecular weight excluding hydrogens is 280 g/mol. The van der Waals surface area contributed by atoms with Gasteiger partial charge in [0.25, 0.3) is 0 Å². The molecule has 6 nitrogen and oxygen atoms in total. The lowest BCUT2D eigenvalue weighted by atomic mass is 10.1. The molecule has 20 heavy (non-hydrogen) atoms. The van der Waals surface area contributed by atoms with Crippen LogP contribution in [0.4, 0.5) is 0 Å². The van der Waals surface area contributed by atoms with Gasteiger partial charge in [-0.25, -0.2) is 12.7 Å². The molecule has 0 aromatic heterocycles. The van der Waals surface area contributed by atoms with Gasteiger partial charge >= 0.3 is 5.97 Å². The van der Waals surface area contributed by atoms with Gasteiger partial charge in [-0.05, 0) is 11.6 Å². The van der Waals surface area contributed by atoms with E-state index in [1.54, 1.807) is 24.3 Å². The Morgan fingerprint density at radius 1 is 1.40 bits per heavy atom. The van der Waals surface area contributed by atoms with E-state index in [0.29, 0.717) is 11.1 Å². The maximum absolute atomic E-state index is 12.1. The molecule has 0 fully saturated rings. The van der Waals surface area contributed by atoms with Gasteiger partial charge in [0.15, 0.2) is 0 Å². The number of sulfonamides is 1. The summed E-state index contributed by atoms with van der Waals surface area (Å²) in [7, 11) is -0.929. The molecule has 1 rings (SSSR count). The zero-order chi connectivity index (χ0) is 15.2. The van der Waals surface area contributed by atoms with Crippen LogP contribution in [0.1, 0.15) is 17.5 Å².